The predicted octanol–water partition coefficient (Wildman–Crippen LogP) is 3.75. The summed E-state index contributed by atoms with van der Waals surface area (Å²) in [5.74, 6) is 0.867. The van der Waals surface area contributed by atoms with E-state index in [0.717, 1.165) is 24.5 Å². The molecule has 0 saturated carbocycles. The van der Waals surface area contributed by atoms with E-state index in [2.05, 4.69) is 23.2 Å². The third kappa shape index (κ3) is 2.94. The van der Waals surface area contributed by atoms with Crippen LogP contribution in [0.1, 0.15) is 34.7 Å². The largest absolute Gasteiger partial charge is 0.456 e. The van der Waals surface area contributed by atoms with Crippen molar-refractivity contribution >= 4 is 17.3 Å². The van der Waals surface area contributed by atoms with Gasteiger partial charge < -0.3 is 14.6 Å². The molecule has 0 atom stereocenters. The van der Waals surface area contributed by atoms with Crippen LogP contribution in [0.2, 0.25) is 0 Å². The summed E-state index contributed by atoms with van der Waals surface area (Å²) >= 11 is 0. The van der Waals surface area contributed by atoms with E-state index >= 15 is 0 Å². The van der Waals surface area contributed by atoms with Gasteiger partial charge in [-0.05, 0) is 62.6 Å². The Kier molecular flexibility index (Phi) is 3.69. The van der Waals surface area contributed by atoms with Crippen molar-refractivity contribution < 1.29 is 9.21 Å². The van der Waals surface area contributed by atoms with Gasteiger partial charge in [-0.1, -0.05) is 0 Å². The van der Waals surface area contributed by atoms with Crippen molar-refractivity contribution in [1.82, 2.24) is 0 Å². The van der Waals surface area contributed by atoms with E-state index in [-0.39, 0.29) is 5.91 Å². The van der Waals surface area contributed by atoms with Crippen LogP contribution in [0.4, 0.5) is 11.4 Å². The van der Waals surface area contributed by atoms with E-state index in [1.807, 2.05) is 19.1 Å². The average molecular weight is 284 g/mol. The lowest BCUT2D eigenvalue weighted by Gasteiger charge is -2.20. The fourth-order valence-corrected chi connectivity index (χ4v) is 2.80. The van der Waals surface area contributed by atoms with E-state index in [1.54, 1.807) is 12.1 Å². The average Bonchev–Trinajstić information content (AvgIpc) is 3.10. The smallest absolute Gasteiger partial charge is 0.291 e. The van der Waals surface area contributed by atoms with Crippen molar-refractivity contribution in [1.29, 1.82) is 0 Å². The molecule has 1 aromatic carbocycles. The van der Waals surface area contributed by atoms with Gasteiger partial charge in [-0.2, -0.15) is 0 Å². The molecule has 4 nitrogen and oxygen atoms in total. The number of carbonyl (C=O) groups excluding carboxylic acids is 1. The number of anilines is 2. The van der Waals surface area contributed by atoms with E-state index < -0.39 is 0 Å². The Morgan fingerprint density at radius 2 is 1.90 bits per heavy atom. The van der Waals surface area contributed by atoms with Crippen molar-refractivity contribution in [3.8, 4) is 0 Å². The van der Waals surface area contributed by atoms with Gasteiger partial charge in [0.15, 0.2) is 5.76 Å². The second-order valence-corrected chi connectivity index (χ2v) is 5.56. The van der Waals surface area contributed by atoms with Crippen LogP contribution in [0, 0.1) is 13.8 Å². The molecule has 21 heavy (non-hydrogen) atoms. The third-order valence-electron chi connectivity index (χ3n) is 3.87. The SMILES string of the molecule is Cc1ccc(C(=O)Nc2ccc(N3CCCC3)c(C)c2)o1. The molecular weight excluding hydrogens is 264 g/mol. The van der Waals surface area contributed by atoms with Gasteiger partial charge in [0.05, 0.1) is 0 Å². The predicted molar refractivity (Wildman–Crippen MR) is 84.0 cm³/mol. The van der Waals surface area contributed by atoms with E-state index in [1.165, 1.54) is 24.1 Å². The van der Waals surface area contributed by atoms with Crippen molar-refractivity contribution in [2.24, 2.45) is 0 Å². The first-order chi connectivity index (χ1) is 10.1. The number of rotatable bonds is 3. The lowest BCUT2D eigenvalue weighted by Crippen LogP contribution is -2.19. The molecule has 2 aromatic rings. The Bertz CT molecular complexity index is 655. The van der Waals surface area contributed by atoms with Gasteiger partial charge in [0.2, 0.25) is 0 Å². The standard InChI is InChI=1S/C17H20N2O2/c1-12-11-14(6-7-15(12)19-9-3-4-10-19)18-17(20)16-8-5-13(2)21-16/h5-8,11H,3-4,9-10H2,1-2H3,(H,18,20). The Labute approximate surface area is 124 Å². The molecule has 2 heterocycles. The molecule has 0 radical (unpaired) electrons. The quantitative estimate of drug-likeness (QED) is 0.933. The van der Waals surface area contributed by atoms with Crippen LogP contribution in [0.5, 0.6) is 0 Å². The second kappa shape index (κ2) is 5.64. The minimum absolute atomic E-state index is 0.212. The second-order valence-electron chi connectivity index (χ2n) is 5.56. The van der Waals surface area contributed by atoms with Crippen molar-refractivity contribution in [3.05, 3.63) is 47.4 Å². The van der Waals surface area contributed by atoms with Gasteiger partial charge in [0.1, 0.15) is 5.76 Å². The first-order valence-electron chi connectivity index (χ1n) is 7.37. The van der Waals surface area contributed by atoms with Crippen LogP contribution in [0.15, 0.2) is 34.7 Å². The first kappa shape index (κ1) is 13.7. The molecule has 0 spiro atoms. The first-order valence-corrected chi connectivity index (χ1v) is 7.37. The summed E-state index contributed by atoms with van der Waals surface area (Å²) in [4.78, 5) is 14.5. The number of aryl methyl sites for hydroxylation is 2. The van der Waals surface area contributed by atoms with Crippen LogP contribution >= 0.6 is 0 Å². The van der Waals surface area contributed by atoms with Gasteiger partial charge in [-0.3, -0.25) is 4.79 Å². The molecule has 0 unspecified atom stereocenters. The Morgan fingerprint density at radius 3 is 2.52 bits per heavy atom. The highest BCUT2D eigenvalue weighted by Crippen LogP contribution is 2.27. The maximum Gasteiger partial charge on any atom is 0.291 e. The zero-order valence-electron chi connectivity index (χ0n) is 12.5. The third-order valence-corrected chi connectivity index (χ3v) is 3.87. The molecule has 4 heteroatoms. The van der Waals surface area contributed by atoms with Crippen molar-refractivity contribution in [3.63, 3.8) is 0 Å². The molecule has 1 amide bonds. The highest BCUT2D eigenvalue weighted by Gasteiger charge is 2.15. The minimum atomic E-state index is -0.212. The number of furan rings is 1. The molecule has 1 aromatic heterocycles. The zero-order chi connectivity index (χ0) is 14.8. The van der Waals surface area contributed by atoms with Crippen LogP contribution in [-0.4, -0.2) is 19.0 Å². The summed E-state index contributed by atoms with van der Waals surface area (Å²) in [6.07, 6.45) is 2.52. The number of nitrogens with zero attached hydrogens (tertiary/aromatic N) is 1. The summed E-state index contributed by atoms with van der Waals surface area (Å²) in [5, 5.41) is 2.88. The van der Waals surface area contributed by atoms with E-state index in [0.29, 0.717) is 5.76 Å². The number of hydrogen-bond acceptors (Lipinski definition) is 3. The Hall–Kier alpha value is -2.23. The van der Waals surface area contributed by atoms with Crippen LogP contribution in [-0.2, 0) is 0 Å². The number of benzene rings is 1. The van der Waals surface area contributed by atoms with Crippen LogP contribution in [0.3, 0.4) is 0 Å². The molecule has 110 valence electrons. The molecule has 0 aliphatic carbocycles. The lowest BCUT2D eigenvalue weighted by atomic mass is 10.1. The van der Waals surface area contributed by atoms with E-state index in [9.17, 15) is 4.79 Å². The van der Waals surface area contributed by atoms with Gasteiger partial charge in [0.25, 0.3) is 5.91 Å². The summed E-state index contributed by atoms with van der Waals surface area (Å²) in [5.41, 5.74) is 3.25. The topological polar surface area (TPSA) is 45.5 Å². The minimum Gasteiger partial charge on any atom is -0.456 e. The number of amides is 1. The van der Waals surface area contributed by atoms with Crippen molar-refractivity contribution in [2.45, 2.75) is 26.7 Å². The summed E-state index contributed by atoms with van der Waals surface area (Å²) < 4.78 is 5.33. The maximum atomic E-state index is 12.1. The van der Waals surface area contributed by atoms with Gasteiger partial charge in [-0.25, -0.2) is 0 Å². The number of hydrogen-bond donors (Lipinski definition) is 1. The lowest BCUT2D eigenvalue weighted by molar-refractivity contribution is 0.0995. The number of nitrogens with one attached hydrogen (secondary N) is 1. The normalized spacial score (nSPS) is 14.5. The molecule has 1 aliphatic heterocycles. The maximum absolute atomic E-state index is 12.1. The Morgan fingerprint density at radius 1 is 1.14 bits per heavy atom. The fraction of sp³-hybridized carbons (Fsp3) is 0.353. The van der Waals surface area contributed by atoms with Crippen LogP contribution in [0.25, 0.3) is 0 Å². The summed E-state index contributed by atoms with van der Waals surface area (Å²) in [7, 11) is 0. The van der Waals surface area contributed by atoms with Crippen LogP contribution < -0.4 is 10.2 Å². The summed E-state index contributed by atoms with van der Waals surface area (Å²) in [6.45, 7) is 6.16. The van der Waals surface area contributed by atoms with Gasteiger partial charge >= 0.3 is 0 Å². The van der Waals surface area contributed by atoms with Gasteiger partial charge in [0, 0.05) is 24.5 Å². The molecule has 0 bridgehead atoms. The zero-order valence-corrected chi connectivity index (χ0v) is 12.5. The number of carbonyl (C=O) groups is 1. The molecular formula is C17H20N2O2. The molecule has 1 N–H and O–H groups in total. The van der Waals surface area contributed by atoms with E-state index in [4.69, 9.17) is 4.42 Å². The van der Waals surface area contributed by atoms with Crippen molar-refractivity contribution in [2.75, 3.05) is 23.3 Å². The Balaban J connectivity index is 1.74. The monoisotopic (exact) mass is 284 g/mol. The highest BCUT2D eigenvalue weighted by molar-refractivity contribution is 6.02. The van der Waals surface area contributed by atoms with Gasteiger partial charge in [-0.15, -0.1) is 0 Å². The molecule has 3 rings (SSSR count). The summed E-state index contributed by atoms with van der Waals surface area (Å²) in [6, 6.07) is 9.53. The molecule has 1 aliphatic rings. The molecule has 1 fully saturated rings. The highest BCUT2D eigenvalue weighted by atomic mass is 16.3. The fourth-order valence-electron chi connectivity index (χ4n) is 2.80. The molecule has 1 saturated heterocycles.